The van der Waals surface area contributed by atoms with Gasteiger partial charge in [0, 0.05) is 19.4 Å². The minimum atomic E-state index is -1.47. The molecule has 0 radical (unpaired) electrons. The van der Waals surface area contributed by atoms with Crippen molar-refractivity contribution < 1.29 is 63.6 Å². The van der Waals surface area contributed by atoms with E-state index in [1.54, 1.807) is 20.1 Å². The molecule has 0 spiro atoms. The Kier molecular flexibility index (Phi) is 20.0. The van der Waals surface area contributed by atoms with E-state index in [0.717, 1.165) is 6.42 Å². The van der Waals surface area contributed by atoms with Crippen LogP contribution in [0.2, 0.25) is 0 Å². The summed E-state index contributed by atoms with van der Waals surface area (Å²) in [6.45, 7) is 3.40. The van der Waals surface area contributed by atoms with Crippen LogP contribution in [0.4, 0.5) is 0 Å². The van der Waals surface area contributed by atoms with Gasteiger partial charge in [0.25, 0.3) is 0 Å². The molecular formula is C44H60N8O13S. The Morgan fingerprint density at radius 1 is 0.697 bits per heavy atom. The van der Waals surface area contributed by atoms with Gasteiger partial charge in [-0.3, -0.25) is 38.4 Å². The van der Waals surface area contributed by atoms with Gasteiger partial charge in [-0.15, -0.1) is 0 Å². The number of carbonyl (C=O) groups excluding carboxylic acids is 7. The summed E-state index contributed by atoms with van der Waals surface area (Å²) in [5.74, 6) is -8.06. The van der Waals surface area contributed by atoms with E-state index >= 15 is 0 Å². The number of carboxylic acid groups (broad SMARTS) is 2. The number of hydrogen-bond acceptors (Lipinski definition) is 13. The first-order valence-electron chi connectivity index (χ1n) is 21.7. The molecule has 360 valence electrons. The Morgan fingerprint density at radius 2 is 1.27 bits per heavy atom. The van der Waals surface area contributed by atoms with E-state index in [-0.39, 0.29) is 43.7 Å². The van der Waals surface area contributed by atoms with Crippen LogP contribution in [0.1, 0.15) is 63.5 Å². The Balaban J connectivity index is 1.46. The van der Waals surface area contributed by atoms with Crippen molar-refractivity contribution in [2.45, 2.75) is 108 Å². The molecule has 21 nitrogen and oxygen atoms in total. The second kappa shape index (κ2) is 25.3. The third-order valence-corrected chi connectivity index (χ3v) is 11.8. The number of benzene rings is 2. The van der Waals surface area contributed by atoms with Crippen molar-refractivity contribution in [1.82, 2.24) is 42.1 Å². The third-order valence-electron chi connectivity index (χ3n) is 11.2. The lowest BCUT2D eigenvalue weighted by Gasteiger charge is -2.29. The molecule has 2 aliphatic rings. The van der Waals surface area contributed by atoms with Crippen molar-refractivity contribution >= 4 is 65.1 Å². The van der Waals surface area contributed by atoms with Gasteiger partial charge in [0.2, 0.25) is 41.4 Å². The minimum Gasteiger partial charge on any atom is -0.508 e. The fraction of sp³-hybridized carbons (Fsp3) is 0.523. The van der Waals surface area contributed by atoms with Crippen LogP contribution in [0.5, 0.6) is 11.5 Å². The molecule has 7 amide bonds. The molecule has 66 heavy (non-hydrogen) atoms. The topological polar surface area (TPSA) is 322 Å². The lowest BCUT2D eigenvalue weighted by Crippen LogP contribution is -2.60. The molecule has 2 aliphatic heterocycles. The second-order valence-corrected chi connectivity index (χ2v) is 17.5. The zero-order valence-electron chi connectivity index (χ0n) is 37.0. The lowest BCUT2D eigenvalue weighted by molar-refractivity contribution is -0.142. The number of hydrogen-bond donors (Lipinski definition) is 11. The summed E-state index contributed by atoms with van der Waals surface area (Å²) in [5, 5.41) is 57.1. The number of thioether (sulfide) groups is 1. The summed E-state index contributed by atoms with van der Waals surface area (Å²) in [5.41, 5.74) is 1.04. The van der Waals surface area contributed by atoms with Crippen LogP contribution in [-0.2, 0) is 56.0 Å². The monoisotopic (exact) mass is 940 g/mol. The molecule has 0 saturated carbocycles. The number of amides is 7. The number of aromatic hydroxyl groups is 2. The van der Waals surface area contributed by atoms with Crippen LogP contribution in [0.3, 0.4) is 0 Å². The van der Waals surface area contributed by atoms with Crippen LogP contribution in [-0.4, -0.2) is 153 Å². The second-order valence-electron chi connectivity index (χ2n) is 16.5. The highest BCUT2D eigenvalue weighted by Crippen LogP contribution is 2.19. The smallest absolute Gasteiger partial charge is 0.326 e. The number of nitrogens with zero attached hydrogens (tertiary/aromatic N) is 1. The maximum Gasteiger partial charge on any atom is 0.326 e. The van der Waals surface area contributed by atoms with E-state index in [4.69, 9.17) is 0 Å². The Bertz CT molecular complexity index is 2050. The molecule has 0 aromatic heterocycles. The maximum absolute atomic E-state index is 14.2. The lowest BCUT2D eigenvalue weighted by atomic mass is 10.00. The number of rotatable bonds is 24. The Morgan fingerprint density at radius 3 is 1.82 bits per heavy atom. The predicted molar refractivity (Wildman–Crippen MR) is 240 cm³/mol. The highest BCUT2D eigenvalue weighted by Gasteiger charge is 2.38. The van der Waals surface area contributed by atoms with E-state index in [0.29, 0.717) is 36.3 Å². The van der Waals surface area contributed by atoms with Gasteiger partial charge in [-0.1, -0.05) is 38.1 Å². The molecule has 2 heterocycles. The first-order valence-corrected chi connectivity index (χ1v) is 23.1. The highest BCUT2D eigenvalue weighted by atomic mass is 32.2. The fourth-order valence-electron chi connectivity index (χ4n) is 7.53. The average Bonchev–Trinajstić information content (AvgIpc) is 4.00. The molecule has 2 saturated heterocycles. The number of aliphatic carboxylic acids is 2. The number of carbonyl (C=O) groups is 9. The number of phenols is 2. The van der Waals surface area contributed by atoms with Crippen molar-refractivity contribution in [3.63, 3.8) is 0 Å². The normalized spacial score (nSPS) is 17.9. The quantitative estimate of drug-likeness (QED) is 0.0610. The van der Waals surface area contributed by atoms with Crippen LogP contribution in [0, 0.1) is 5.92 Å². The molecule has 2 aromatic rings. The summed E-state index contributed by atoms with van der Waals surface area (Å²) < 4.78 is 0. The number of carboxylic acids is 2. The summed E-state index contributed by atoms with van der Waals surface area (Å²) in [4.78, 5) is 120. The first kappa shape index (κ1) is 52.2. The molecule has 2 aromatic carbocycles. The number of nitrogens with one attached hydrogen (secondary N) is 7. The molecule has 0 aliphatic carbocycles. The van der Waals surface area contributed by atoms with Gasteiger partial charge in [-0.25, -0.2) is 4.79 Å². The highest BCUT2D eigenvalue weighted by molar-refractivity contribution is 7.98. The first-order chi connectivity index (χ1) is 31.4. The van der Waals surface area contributed by atoms with Gasteiger partial charge in [-0.05, 0) is 92.0 Å². The van der Waals surface area contributed by atoms with Gasteiger partial charge < -0.3 is 62.5 Å². The Labute approximate surface area is 386 Å². The van der Waals surface area contributed by atoms with E-state index in [2.05, 4.69) is 37.2 Å². The molecule has 22 heteroatoms. The van der Waals surface area contributed by atoms with E-state index in [9.17, 15) is 63.6 Å². The van der Waals surface area contributed by atoms with Crippen molar-refractivity contribution in [3.05, 3.63) is 59.7 Å². The number of phenolic OH excluding ortho intramolecular Hbond substituents is 2. The molecule has 11 N–H and O–H groups in total. The average molecular weight is 941 g/mol. The Hall–Kier alpha value is -6.42. The molecule has 2 fully saturated rings. The standard InChI is InChI=1S/C44H60N8O13S/c1-24(2)37(43(63)47-30(16-19-66-3)40(60)50-33(44(64)65)21-26-10-14-28(54)15-11-26)51-41(61)31(20-25-8-12-27(53)13-9-25)49-42(62)34-7-5-18-52(34)35(55)23-46-38(58)32(22-36(56)57)48-39(59)29-6-4-17-45-29/h8-15,24,29-34,37,45,53-54H,4-7,16-23H2,1-3H3,(H,46,58)(H,47,63)(H,48,59)(H,49,62)(H,50,60)(H,51,61)(H,56,57)(H,64,65)/t29-,30-,31-,32-,33-,34-,37-/m0/s1. The molecular weight excluding hydrogens is 881 g/mol. The summed E-state index contributed by atoms with van der Waals surface area (Å²) in [7, 11) is 0. The summed E-state index contributed by atoms with van der Waals surface area (Å²) >= 11 is 1.39. The fourth-order valence-corrected chi connectivity index (χ4v) is 8.00. The minimum absolute atomic E-state index is 0.0181. The van der Waals surface area contributed by atoms with E-state index < -0.39 is 114 Å². The van der Waals surface area contributed by atoms with Crippen molar-refractivity contribution in [2.75, 3.05) is 31.6 Å². The van der Waals surface area contributed by atoms with Gasteiger partial charge in [0.05, 0.1) is 19.0 Å². The summed E-state index contributed by atoms with van der Waals surface area (Å²) in [6.07, 6.45) is 2.77. The van der Waals surface area contributed by atoms with Crippen LogP contribution in [0.25, 0.3) is 0 Å². The predicted octanol–water partition coefficient (Wildman–Crippen LogP) is -0.865. The SMILES string of the molecule is CSCC[C@H](NC(=O)[C@@H](NC(=O)[C@H](Cc1ccc(O)cc1)NC(=O)[C@@H]1CCCN1C(=O)CNC(=O)[C@H](CC(=O)O)NC(=O)[C@@H]1CCCN1)C(C)C)C(=O)N[C@@H](Cc1ccc(O)cc1)C(=O)O. The van der Waals surface area contributed by atoms with Crippen LogP contribution in [0.15, 0.2) is 48.5 Å². The molecule has 4 rings (SSSR count). The van der Waals surface area contributed by atoms with Crippen molar-refractivity contribution in [1.29, 1.82) is 0 Å². The largest absolute Gasteiger partial charge is 0.508 e. The van der Waals surface area contributed by atoms with E-state index in [1.165, 1.54) is 65.2 Å². The third kappa shape index (κ3) is 15.9. The van der Waals surface area contributed by atoms with Crippen LogP contribution < -0.4 is 37.2 Å². The summed E-state index contributed by atoms with van der Waals surface area (Å²) in [6, 6.07) is 3.34. The number of likely N-dealkylation sites (tertiary alicyclic amines) is 1. The van der Waals surface area contributed by atoms with Gasteiger partial charge in [0.15, 0.2) is 0 Å². The molecule has 0 bridgehead atoms. The zero-order valence-corrected chi connectivity index (χ0v) is 37.9. The van der Waals surface area contributed by atoms with Crippen LogP contribution >= 0.6 is 11.8 Å². The zero-order chi connectivity index (χ0) is 48.5. The van der Waals surface area contributed by atoms with Crippen molar-refractivity contribution in [3.8, 4) is 11.5 Å². The molecule has 0 unspecified atom stereocenters. The molecule has 7 atom stereocenters. The maximum atomic E-state index is 14.2. The van der Waals surface area contributed by atoms with Gasteiger partial charge in [0.1, 0.15) is 47.8 Å². The van der Waals surface area contributed by atoms with Gasteiger partial charge in [-0.2, -0.15) is 11.8 Å². The van der Waals surface area contributed by atoms with Crippen molar-refractivity contribution in [2.24, 2.45) is 5.92 Å². The van der Waals surface area contributed by atoms with Gasteiger partial charge >= 0.3 is 11.9 Å². The van der Waals surface area contributed by atoms with E-state index in [1.807, 2.05) is 0 Å².